The highest BCUT2D eigenvalue weighted by atomic mass is 79.9. The molecule has 2 aromatic carbocycles. The van der Waals surface area contributed by atoms with Crippen LogP contribution >= 0.6 is 15.9 Å². The molecule has 7 nitrogen and oxygen atoms in total. The number of imide groups is 2. The number of barbiturate groups is 1. The van der Waals surface area contributed by atoms with Crippen LogP contribution in [0.25, 0.3) is 6.08 Å². The summed E-state index contributed by atoms with van der Waals surface area (Å²) in [6, 6.07) is 10.8. The van der Waals surface area contributed by atoms with Crippen LogP contribution in [0.3, 0.4) is 0 Å². The van der Waals surface area contributed by atoms with Crippen LogP contribution in [0.4, 0.5) is 10.5 Å². The lowest BCUT2D eigenvalue weighted by molar-refractivity contribution is -0.122. The highest BCUT2D eigenvalue weighted by Crippen LogP contribution is 2.28. The van der Waals surface area contributed by atoms with Gasteiger partial charge in [-0.05, 0) is 42.5 Å². The van der Waals surface area contributed by atoms with Gasteiger partial charge in [0.25, 0.3) is 11.8 Å². The highest BCUT2D eigenvalue weighted by molar-refractivity contribution is 9.10. The predicted octanol–water partition coefficient (Wildman–Crippen LogP) is 3.13. The van der Waals surface area contributed by atoms with E-state index in [1.807, 2.05) is 0 Å². The molecule has 0 spiro atoms. The van der Waals surface area contributed by atoms with Gasteiger partial charge in [-0.2, -0.15) is 0 Å². The summed E-state index contributed by atoms with van der Waals surface area (Å²) in [6.45, 7) is 0. The largest absolute Gasteiger partial charge is 0.497 e. The van der Waals surface area contributed by atoms with Gasteiger partial charge in [-0.25, -0.2) is 9.69 Å². The second-order valence-electron chi connectivity index (χ2n) is 5.54. The van der Waals surface area contributed by atoms with Crippen molar-refractivity contribution in [2.45, 2.75) is 0 Å². The molecule has 138 valence electrons. The summed E-state index contributed by atoms with van der Waals surface area (Å²) in [5.41, 5.74) is 0.670. The molecule has 2 aromatic rings. The van der Waals surface area contributed by atoms with Crippen LogP contribution in [-0.4, -0.2) is 32.1 Å². The minimum atomic E-state index is -0.800. The second kappa shape index (κ2) is 7.63. The number of halogens is 1. The number of benzene rings is 2. The molecule has 0 radical (unpaired) electrons. The number of nitrogens with one attached hydrogen (secondary N) is 1. The van der Waals surface area contributed by atoms with E-state index in [9.17, 15) is 14.4 Å². The third-order valence-corrected chi connectivity index (χ3v) is 4.46. The lowest BCUT2D eigenvalue weighted by Crippen LogP contribution is -2.54. The molecule has 1 N–H and O–H groups in total. The normalized spacial score (nSPS) is 15.7. The van der Waals surface area contributed by atoms with Gasteiger partial charge >= 0.3 is 6.03 Å². The van der Waals surface area contributed by atoms with Crippen molar-refractivity contribution in [3.8, 4) is 11.5 Å². The molecule has 1 heterocycles. The van der Waals surface area contributed by atoms with Gasteiger partial charge in [-0.15, -0.1) is 0 Å². The van der Waals surface area contributed by atoms with Gasteiger partial charge in [0, 0.05) is 16.1 Å². The number of carbonyl (C=O) groups is 3. The van der Waals surface area contributed by atoms with Crippen molar-refractivity contribution in [1.82, 2.24) is 5.32 Å². The quantitative estimate of drug-likeness (QED) is 0.594. The summed E-state index contributed by atoms with van der Waals surface area (Å²) < 4.78 is 11.2. The molecule has 0 bridgehead atoms. The Morgan fingerprint density at radius 1 is 1.00 bits per heavy atom. The maximum Gasteiger partial charge on any atom is 0.335 e. The Hall–Kier alpha value is -3.13. The van der Waals surface area contributed by atoms with E-state index in [0.29, 0.717) is 22.7 Å². The summed E-state index contributed by atoms with van der Waals surface area (Å²) in [4.78, 5) is 38.2. The molecule has 0 aliphatic carbocycles. The van der Waals surface area contributed by atoms with Crippen LogP contribution in [0.5, 0.6) is 11.5 Å². The Balaban J connectivity index is 2.03. The summed E-state index contributed by atoms with van der Waals surface area (Å²) in [7, 11) is 2.99. The molecule has 1 saturated heterocycles. The van der Waals surface area contributed by atoms with E-state index in [1.165, 1.54) is 20.3 Å². The minimum Gasteiger partial charge on any atom is -0.497 e. The molecule has 1 aliphatic rings. The van der Waals surface area contributed by atoms with E-state index in [-0.39, 0.29) is 5.57 Å². The number of amides is 4. The monoisotopic (exact) mass is 430 g/mol. The first kappa shape index (κ1) is 18.7. The summed E-state index contributed by atoms with van der Waals surface area (Å²) in [6.07, 6.45) is 1.38. The Morgan fingerprint density at radius 2 is 1.70 bits per heavy atom. The fourth-order valence-corrected chi connectivity index (χ4v) is 2.84. The van der Waals surface area contributed by atoms with E-state index < -0.39 is 17.8 Å². The SMILES string of the molecule is COc1ccc(/C=C2\C(=O)NC(=O)N(c3ccc(Br)cc3)C2=O)c(OC)c1. The fraction of sp³-hybridized carbons (Fsp3) is 0.105. The lowest BCUT2D eigenvalue weighted by Gasteiger charge is -2.26. The molecule has 8 heteroatoms. The van der Waals surface area contributed by atoms with Gasteiger partial charge in [0.05, 0.1) is 19.9 Å². The van der Waals surface area contributed by atoms with Crippen LogP contribution in [-0.2, 0) is 9.59 Å². The third-order valence-electron chi connectivity index (χ3n) is 3.93. The summed E-state index contributed by atoms with van der Waals surface area (Å²) >= 11 is 3.30. The first-order valence-electron chi connectivity index (χ1n) is 7.83. The van der Waals surface area contributed by atoms with Crippen molar-refractivity contribution in [3.05, 3.63) is 58.1 Å². The molecule has 0 atom stereocenters. The highest BCUT2D eigenvalue weighted by Gasteiger charge is 2.36. The van der Waals surface area contributed by atoms with Gasteiger partial charge in [0.2, 0.25) is 0 Å². The fourth-order valence-electron chi connectivity index (χ4n) is 2.58. The molecular formula is C19H15BrN2O5. The van der Waals surface area contributed by atoms with Crippen LogP contribution in [0.15, 0.2) is 52.5 Å². The van der Waals surface area contributed by atoms with Gasteiger partial charge in [0.1, 0.15) is 17.1 Å². The van der Waals surface area contributed by atoms with Crippen molar-refractivity contribution < 1.29 is 23.9 Å². The van der Waals surface area contributed by atoms with E-state index in [1.54, 1.807) is 42.5 Å². The number of hydrogen-bond acceptors (Lipinski definition) is 5. The Bertz CT molecular complexity index is 953. The Morgan fingerprint density at radius 3 is 2.33 bits per heavy atom. The maximum atomic E-state index is 12.9. The predicted molar refractivity (Wildman–Crippen MR) is 103 cm³/mol. The number of hydrogen-bond donors (Lipinski definition) is 1. The van der Waals surface area contributed by atoms with Crippen molar-refractivity contribution in [1.29, 1.82) is 0 Å². The topological polar surface area (TPSA) is 84.9 Å². The van der Waals surface area contributed by atoms with E-state index in [2.05, 4.69) is 21.2 Å². The number of rotatable bonds is 4. The van der Waals surface area contributed by atoms with Crippen LogP contribution in [0.1, 0.15) is 5.56 Å². The second-order valence-corrected chi connectivity index (χ2v) is 6.46. The summed E-state index contributed by atoms with van der Waals surface area (Å²) in [5, 5.41) is 2.18. The first-order valence-corrected chi connectivity index (χ1v) is 8.63. The standard InChI is InChI=1S/C19H15BrN2O5/c1-26-14-8-3-11(16(10-14)27-2)9-15-17(23)21-19(25)22(18(15)24)13-6-4-12(20)5-7-13/h3-10H,1-2H3,(H,21,23,25)/b15-9+. The Kier molecular flexibility index (Phi) is 5.27. The van der Waals surface area contributed by atoms with E-state index in [0.717, 1.165) is 9.37 Å². The summed E-state index contributed by atoms with van der Waals surface area (Å²) in [5.74, 6) is -0.491. The van der Waals surface area contributed by atoms with Crippen LogP contribution < -0.4 is 19.7 Å². The molecule has 0 aromatic heterocycles. The molecular weight excluding hydrogens is 416 g/mol. The first-order chi connectivity index (χ1) is 12.9. The maximum absolute atomic E-state index is 12.9. The number of nitrogens with zero attached hydrogens (tertiary/aromatic N) is 1. The minimum absolute atomic E-state index is 0.180. The van der Waals surface area contributed by atoms with Gasteiger partial charge in [0.15, 0.2) is 0 Å². The van der Waals surface area contributed by atoms with Crippen LogP contribution in [0.2, 0.25) is 0 Å². The van der Waals surface area contributed by atoms with Gasteiger partial charge < -0.3 is 9.47 Å². The zero-order valence-electron chi connectivity index (χ0n) is 14.5. The third kappa shape index (κ3) is 3.70. The molecule has 0 saturated carbocycles. The van der Waals surface area contributed by atoms with E-state index >= 15 is 0 Å². The van der Waals surface area contributed by atoms with Gasteiger partial charge in [-0.1, -0.05) is 15.9 Å². The molecule has 1 fully saturated rings. The van der Waals surface area contributed by atoms with Crippen molar-refractivity contribution in [3.63, 3.8) is 0 Å². The van der Waals surface area contributed by atoms with Crippen LogP contribution in [0, 0.1) is 0 Å². The van der Waals surface area contributed by atoms with Gasteiger partial charge in [-0.3, -0.25) is 14.9 Å². The average molecular weight is 431 g/mol. The number of anilines is 1. The molecule has 4 amide bonds. The molecule has 0 unspecified atom stereocenters. The smallest absolute Gasteiger partial charge is 0.335 e. The molecule has 1 aliphatic heterocycles. The zero-order valence-corrected chi connectivity index (χ0v) is 16.1. The Labute approximate surface area is 163 Å². The van der Waals surface area contributed by atoms with Crippen molar-refractivity contribution in [2.75, 3.05) is 19.1 Å². The number of methoxy groups -OCH3 is 2. The number of ether oxygens (including phenoxy) is 2. The number of carbonyl (C=O) groups excluding carboxylic acids is 3. The zero-order chi connectivity index (χ0) is 19.6. The lowest BCUT2D eigenvalue weighted by atomic mass is 10.1. The molecule has 3 rings (SSSR count). The molecule has 27 heavy (non-hydrogen) atoms. The van der Waals surface area contributed by atoms with Crippen molar-refractivity contribution in [2.24, 2.45) is 0 Å². The average Bonchev–Trinajstić information content (AvgIpc) is 2.66. The van der Waals surface area contributed by atoms with E-state index in [4.69, 9.17) is 9.47 Å². The van der Waals surface area contributed by atoms with Crippen molar-refractivity contribution >= 4 is 45.5 Å². The number of urea groups is 1.